The van der Waals surface area contributed by atoms with Crippen LogP contribution in [0.3, 0.4) is 0 Å². The largest absolute Gasteiger partial charge is 0.379 e. The highest BCUT2D eigenvalue weighted by molar-refractivity contribution is 7.89. The third-order valence-corrected chi connectivity index (χ3v) is 5.44. The van der Waals surface area contributed by atoms with Crippen LogP contribution in [0, 0.1) is 0 Å². The van der Waals surface area contributed by atoms with Crippen LogP contribution in [0.4, 0.5) is 0 Å². The molecule has 7 nitrogen and oxygen atoms in total. The first kappa shape index (κ1) is 18.9. The highest BCUT2D eigenvalue weighted by atomic mass is 32.2. The number of nitrogens with one attached hydrogen (secondary N) is 1. The molecule has 1 N–H and O–H groups in total. The average molecular weight is 356 g/mol. The molecule has 1 aliphatic rings. The molecule has 0 aliphatic carbocycles. The minimum atomic E-state index is -3.61. The minimum Gasteiger partial charge on any atom is -0.379 e. The second kappa shape index (κ2) is 8.57. The minimum absolute atomic E-state index is 0.101. The Balaban J connectivity index is 2.03. The molecular weight excluding hydrogens is 332 g/mol. The van der Waals surface area contributed by atoms with Gasteiger partial charge in [0, 0.05) is 25.2 Å². The lowest BCUT2D eigenvalue weighted by Gasteiger charge is -2.26. The topological polar surface area (TPSA) is 84.9 Å². The lowest BCUT2D eigenvalue weighted by Crippen LogP contribution is -2.40. The number of hydrogen-bond acceptors (Lipinski definition) is 5. The molecule has 2 rings (SSSR count). The SMILES string of the molecule is CC(C)OCCNC(=O)c1cccc(S(=O)(=O)N2CCOCC2)c1. The van der Waals surface area contributed by atoms with Gasteiger partial charge in [-0.3, -0.25) is 4.79 Å². The molecule has 1 aromatic carbocycles. The van der Waals surface area contributed by atoms with Gasteiger partial charge in [0.1, 0.15) is 0 Å². The molecule has 1 aliphatic heterocycles. The molecule has 0 spiro atoms. The first-order valence-corrected chi connectivity index (χ1v) is 9.43. The van der Waals surface area contributed by atoms with E-state index in [1.807, 2.05) is 13.8 Å². The Morgan fingerprint density at radius 1 is 1.33 bits per heavy atom. The van der Waals surface area contributed by atoms with Crippen LogP contribution in [-0.2, 0) is 19.5 Å². The standard InChI is InChI=1S/C16H24N2O5S/c1-13(2)23-9-6-17-16(19)14-4-3-5-15(12-14)24(20,21)18-7-10-22-11-8-18/h3-5,12-13H,6-11H2,1-2H3,(H,17,19). The van der Waals surface area contributed by atoms with Crippen molar-refractivity contribution in [3.05, 3.63) is 29.8 Å². The van der Waals surface area contributed by atoms with Crippen LogP contribution in [0.1, 0.15) is 24.2 Å². The van der Waals surface area contributed by atoms with Gasteiger partial charge in [-0.2, -0.15) is 4.31 Å². The quantitative estimate of drug-likeness (QED) is 0.733. The van der Waals surface area contributed by atoms with E-state index in [1.165, 1.54) is 16.4 Å². The van der Waals surface area contributed by atoms with E-state index in [-0.39, 0.29) is 16.9 Å². The second-order valence-corrected chi connectivity index (χ2v) is 7.66. The number of hydrogen-bond donors (Lipinski definition) is 1. The normalized spacial score (nSPS) is 16.3. The number of nitrogens with zero attached hydrogens (tertiary/aromatic N) is 1. The van der Waals surface area contributed by atoms with E-state index in [2.05, 4.69) is 5.32 Å². The van der Waals surface area contributed by atoms with Crippen LogP contribution < -0.4 is 5.32 Å². The fourth-order valence-electron chi connectivity index (χ4n) is 2.30. The van der Waals surface area contributed by atoms with Crippen LogP contribution in [0.5, 0.6) is 0 Å². The van der Waals surface area contributed by atoms with Gasteiger partial charge in [-0.1, -0.05) is 6.07 Å². The molecule has 0 saturated carbocycles. The smallest absolute Gasteiger partial charge is 0.251 e. The van der Waals surface area contributed by atoms with Crippen molar-refractivity contribution in [2.45, 2.75) is 24.8 Å². The molecule has 0 aromatic heterocycles. The van der Waals surface area contributed by atoms with Crippen molar-refractivity contribution >= 4 is 15.9 Å². The molecular formula is C16H24N2O5S. The summed E-state index contributed by atoms with van der Waals surface area (Å²) in [5, 5.41) is 2.72. The van der Waals surface area contributed by atoms with Crippen LogP contribution in [0.15, 0.2) is 29.2 Å². The molecule has 24 heavy (non-hydrogen) atoms. The number of carbonyl (C=O) groups excluding carboxylic acids is 1. The van der Waals surface area contributed by atoms with Gasteiger partial charge in [-0.05, 0) is 32.0 Å². The molecule has 0 unspecified atom stereocenters. The van der Waals surface area contributed by atoms with Gasteiger partial charge in [0.25, 0.3) is 5.91 Å². The van der Waals surface area contributed by atoms with E-state index in [4.69, 9.17) is 9.47 Å². The highest BCUT2D eigenvalue weighted by Gasteiger charge is 2.26. The first-order chi connectivity index (χ1) is 11.4. The fourth-order valence-corrected chi connectivity index (χ4v) is 3.75. The van der Waals surface area contributed by atoms with Gasteiger partial charge in [0.05, 0.1) is 30.8 Å². The maximum absolute atomic E-state index is 12.6. The molecule has 1 fully saturated rings. The van der Waals surface area contributed by atoms with Gasteiger partial charge in [0.2, 0.25) is 10.0 Å². The molecule has 8 heteroatoms. The van der Waals surface area contributed by atoms with Crippen molar-refractivity contribution in [3.8, 4) is 0 Å². The number of rotatable bonds is 7. The first-order valence-electron chi connectivity index (χ1n) is 7.99. The Morgan fingerprint density at radius 2 is 2.04 bits per heavy atom. The van der Waals surface area contributed by atoms with Crippen molar-refractivity contribution in [1.29, 1.82) is 0 Å². The summed E-state index contributed by atoms with van der Waals surface area (Å²) in [7, 11) is -3.61. The molecule has 134 valence electrons. The monoisotopic (exact) mass is 356 g/mol. The Hall–Kier alpha value is -1.48. The lowest BCUT2D eigenvalue weighted by molar-refractivity contribution is 0.0730. The number of carbonyl (C=O) groups is 1. The third kappa shape index (κ3) is 5.01. The summed E-state index contributed by atoms with van der Waals surface area (Å²) in [6, 6.07) is 6.08. The van der Waals surface area contributed by atoms with Gasteiger partial charge in [0.15, 0.2) is 0 Å². The summed E-state index contributed by atoms with van der Waals surface area (Å²) in [4.78, 5) is 12.3. The van der Waals surface area contributed by atoms with Crippen molar-refractivity contribution in [3.63, 3.8) is 0 Å². The fraction of sp³-hybridized carbons (Fsp3) is 0.562. The van der Waals surface area contributed by atoms with E-state index in [1.54, 1.807) is 12.1 Å². The van der Waals surface area contributed by atoms with E-state index in [9.17, 15) is 13.2 Å². The number of benzene rings is 1. The van der Waals surface area contributed by atoms with E-state index < -0.39 is 10.0 Å². The predicted octanol–water partition coefficient (Wildman–Crippen LogP) is 0.862. The van der Waals surface area contributed by atoms with Crippen LogP contribution in [-0.4, -0.2) is 64.2 Å². The molecule has 0 radical (unpaired) electrons. The number of sulfonamides is 1. The molecule has 1 amide bonds. The maximum atomic E-state index is 12.6. The second-order valence-electron chi connectivity index (χ2n) is 5.72. The lowest BCUT2D eigenvalue weighted by atomic mass is 10.2. The number of amides is 1. The van der Waals surface area contributed by atoms with Crippen molar-refractivity contribution in [2.24, 2.45) is 0 Å². The maximum Gasteiger partial charge on any atom is 0.251 e. The molecule has 0 atom stereocenters. The van der Waals surface area contributed by atoms with E-state index in [0.717, 1.165) is 0 Å². The summed E-state index contributed by atoms with van der Waals surface area (Å²) in [5.74, 6) is -0.318. The third-order valence-electron chi connectivity index (χ3n) is 3.54. The number of morpholine rings is 1. The zero-order valence-corrected chi connectivity index (χ0v) is 14.8. The van der Waals surface area contributed by atoms with Crippen LogP contribution in [0.25, 0.3) is 0 Å². The molecule has 1 saturated heterocycles. The van der Waals surface area contributed by atoms with Gasteiger partial charge < -0.3 is 14.8 Å². The van der Waals surface area contributed by atoms with Crippen LogP contribution in [0.2, 0.25) is 0 Å². The molecule has 1 aromatic rings. The Labute approximate surface area is 143 Å². The zero-order chi connectivity index (χ0) is 17.6. The summed E-state index contributed by atoms with van der Waals surface area (Å²) < 4.78 is 37.1. The average Bonchev–Trinajstić information content (AvgIpc) is 2.59. The van der Waals surface area contributed by atoms with Crippen LogP contribution >= 0.6 is 0 Å². The summed E-state index contributed by atoms with van der Waals surface area (Å²) in [5.41, 5.74) is 0.314. The van der Waals surface area contributed by atoms with Gasteiger partial charge >= 0.3 is 0 Å². The van der Waals surface area contributed by atoms with E-state index in [0.29, 0.717) is 45.0 Å². The number of ether oxygens (including phenoxy) is 2. The zero-order valence-electron chi connectivity index (χ0n) is 14.0. The Kier molecular flexibility index (Phi) is 6.73. The summed E-state index contributed by atoms with van der Waals surface area (Å²) >= 11 is 0. The highest BCUT2D eigenvalue weighted by Crippen LogP contribution is 2.18. The van der Waals surface area contributed by atoms with Crippen molar-refractivity contribution < 1.29 is 22.7 Å². The van der Waals surface area contributed by atoms with Gasteiger partial charge in [-0.15, -0.1) is 0 Å². The van der Waals surface area contributed by atoms with E-state index >= 15 is 0 Å². The van der Waals surface area contributed by atoms with Crippen molar-refractivity contribution in [1.82, 2.24) is 9.62 Å². The Morgan fingerprint density at radius 3 is 2.71 bits per heavy atom. The van der Waals surface area contributed by atoms with Gasteiger partial charge in [-0.25, -0.2) is 8.42 Å². The summed E-state index contributed by atoms with van der Waals surface area (Å²) in [6.45, 7) is 6.04. The molecule has 1 heterocycles. The Bertz CT molecular complexity index is 654. The predicted molar refractivity (Wildman–Crippen MR) is 89.4 cm³/mol. The van der Waals surface area contributed by atoms with Crippen molar-refractivity contribution in [2.75, 3.05) is 39.5 Å². The summed E-state index contributed by atoms with van der Waals surface area (Å²) in [6.07, 6.45) is 0.101. The molecule has 0 bridgehead atoms.